The summed E-state index contributed by atoms with van der Waals surface area (Å²) in [5.74, 6) is -0.537. The third-order valence-electron chi connectivity index (χ3n) is 2.31. The van der Waals surface area contributed by atoms with E-state index in [0.29, 0.717) is 11.1 Å². The molecule has 0 heterocycles. The predicted octanol–water partition coefficient (Wildman–Crippen LogP) is 2.17. The number of carbonyl (C=O) groups excluding carboxylic acids is 1. The monoisotopic (exact) mass is 242 g/mol. The second-order valence-corrected chi connectivity index (χ2v) is 4.26. The second-order valence-electron chi connectivity index (χ2n) is 3.82. The van der Waals surface area contributed by atoms with Crippen LogP contribution in [0.4, 0.5) is 10.1 Å². The quantitative estimate of drug-likeness (QED) is 0.850. The zero-order valence-electron chi connectivity index (χ0n) is 8.59. The van der Waals surface area contributed by atoms with Crippen molar-refractivity contribution in [2.24, 2.45) is 0 Å². The fraction of sp³-hybridized carbons (Fsp3) is 0.364. The van der Waals surface area contributed by atoms with Gasteiger partial charge in [0.05, 0.1) is 12.2 Å². The van der Waals surface area contributed by atoms with Gasteiger partial charge in [0.1, 0.15) is 5.82 Å². The minimum absolute atomic E-state index is 0.0633. The third kappa shape index (κ3) is 3.10. The zero-order chi connectivity index (χ0) is 11.5. The van der Waals surface area contributed by atoms with Gasteiger partial charge >= 0.3 is 0 Å². The maximum atomic E-state index is 13.2. The Morgan fingerprint density at radius 2 is 2.25 bits per heavy atom. The van der Waals surface area contributed by atoms with E-state index in [-0.39, 0.29) is 18.1 Å². The number of halogens is 2. The summed E-state index contributed by atoms with van der Waals surface area (Å²) in [7, 11) is 0. The van der Waals surface area contributed by atoms with Crippen molar-refractivity contribution < 1.29 is 9.18 Å². The molecule has 0 aliphatic heterocycles. The molecule has 0 saturated heterocycles. The summed E-state index contributed by atoms with van der Waals surface area (Å²) in [4.78, 5) is 11.3. The summed E-state index contributed by atoms with van der Waals surface area (Å²) in [6.45, 7) is 0.0633. The first kappa shape index (κ1) is 11.2. The molecule has 3 nitrogen and oxygen atoms in total. The predicted molar refractivity (Wildman–Crippen MR) is 61.1 cm³/mol. The fourth-order valence-corrected chi connectivity index (χ4v) is 1.49. The van der Waals surface area contributed by atoms with Crippen LogP contribution in [0.5, 0.6) is 0 Å². The van der Waals surface area contributed by atoms with Crippen LogP contribution < -0.4 is 10.6 Å². The van der Waals surface area contributed by atoms with Gasteiger partial charge in [-0.05, 0) is 31.0 Å². The van der Waals surface area contributed by atoms with Crippen molar-refractivity contribution >= 4 is 23.2 Å². The van der Waals surface area contributed by atoms with Gasteiger partial charge in [-0.2, -0.15) is 0 Å². The first-order valence-electron chi connectivity index (χ1n) is 5.13. The minimum atomic E-state index is -0.413. The van der Waals surface area contributed by atoms with Crippen molar-refractivity contribution in [1.29, 1.82) is 0 Å². The first-order valence-corrected chi connectivity index (χ1v) is 5.51. The highest BCUT2D eigenvalue weighted by molar-refractivity contribution is 6.30. The summed E-state index contributed by atoms with van der Waals surface area (Å²) in [6.07, 6.45) is 2.08. The standard InChI is InChI=1S/C11H12ClFN2O/c12-7-1-4-9(13)10(5-7)14-6-11(16)15-8-2-3-8/h1,4-5,8,14H,2-3,6H2,(H,15,16). The number of hydrogen-bond donors (Lipinski definition) is 2. The van der Waals surface area contributed by atoms with E-state index in [0.717, 1.165) is 12.8 Å². The molecule has 1 saturated carbocycles. The lowest BCUT2D eigenvalue weighted by atomic mass is 10.3. The number of carbonyl (C=O) groups is 1. The van der Waals surface area contributed by atoms with E-state index < -0.39 is 5.82 Å². The number of benzene rings is 1. The van der Waals surface area contributed by atoms with Gasteiger partial charge < -0.3 is 10.6 Å². The Hall–Kier alpha value is -1.29. The van der Waals surface area contributed by atoms with Crippen LogP contribution in [0.25, 0.3) is 0 Å². The highest BCUT2D eigenvalue weighted by Crippen LogP contribution is 2.20. The average molecular weight is 243 g/mol. The average Bonchev–Trinajstić information content (AvgIpc) is 3.03. The van der Waals surface area contributed by atoms with Gasteiger partial charge in [0.15, 0.2) is 0 Å². The van der Waals surface area contributed by atoms with Crippen molar-refractivity contribution in [2.75, 3.05) is 11.9 Å². The maximum absolute atomic E-state index is 13.2. The summed E-state index contributed by atoms with van der Waals surface area (Å²) < 4.78 is 13.2. The molecule has 1 amide bonds. The largest absolute Gasteiger partial charge is 0.374 e. The van der Waals surface area contributed by atoms with Crippen molar-refractivity contribution in [3.63, 3.8) is 0 Å². The van der Waals surface area contributed by atoms with Crippen molar-refractivity contribution in [3.8, 4) is 0 Å². The molecule has 1 aliphatic carbocycles. The molecule has 1 aliphatic rings. The molecule has 5 heteroatoms. The van der Waals surface area contributed by atoms with Crippen LogP contribution in [-0.2, 0) is 4.79 Å². The van der Waals surface area contributed by atoms with Crippen LogP contribution in [0, 0.1) is 5.82 Å². The van der Waals surface area contributed by atoms with Crippen LogP contribution in [0.3, 0.4) is 0 Å². The van der Waals surface area contributed by atoms with Gasteiger partial charge in [-0.1, -0.05) is 11.6 Å². The van der Waals surface area contributed by atoms with E-state index >= 15 is 0 Å². The number of amides is 1. The van der Waals surface area contributed by atoms with Crippen molar-refractivity contribution in [3.05, 3.63) is 29.0 Å². The lowest BCUT2D eigenvalue weighted by Crippen LogP contribution is -2.31. The summed E-state index contributed by atoms with van der Waals surface area (Å²) in [6, 6.07) is 4.51. The van der Waals surface area contributed by atoms with Gasteiger partial charge in [-0.25, -0.2) is 4.39 Å². The summed E-state index contributed by atoms with van der Waals surface area (Å²) >= 11 is 5.72. The Morgan fingerprint density at radius 3 is 2.94 bits per heavy atom. The summed E-state index contributed by atoms with van der Waals surface area (Å²) in [5, 5.41) is 5.95. The van der Waals surface area contributed by atoms with Crippen LogP contribution in [0.15, 0.2) is 18.2 Å². The number of anilines is 1. The molecule has 1 fully saturated rings. The molecule has 0 unspecified atom stereocenters. The van der Waals surface area contributed by atoms with Crippen LogP contribution >= 0.6 is 11.6 Å². The SMILES string of the molecule is O=C(CNc1cc(Cl)ccc1F)NC1CC1. The Morgan fingerprint density at radius 1 is 1.50 bits per heavy atom. The number of rotatable bonds is 4. The van der Waals surface area contributed by atoms with E-state index in [1.807, 2.05) is 0 Å². The lowest BCUT2D eigenvalue weighted by Gasteiger charge is -2.08. The molecule has 0 bridgehead atoms. The topological polar surface area (TPSA) is 41.1 Å². The van der Waals surface area contributed by atoms with E-state index in [1.54, 1.807) is 0 Å². The van der Waals surface area contributed by atoms with Crippen LogP contribution in [-0.4, -0.2) is 18.5 Å². The van der Waals surface area contributed by atoms with Gasteiger partial charge in [-0.3, -0.25) is 4.79 Å². The van der Waals surface area contributed by atoms with Crippen molar-refractivity contribution in [1.82, 2.24) is 5.32 Å². The molecule has 86 valence electrons. The molecule has 2 rings (SSSR count). The first-order chi connectivity index (χ1) is 7.65. The molecule has 0 radical (unpaired) electrons. The Labute approximate surface area is 98.0 Å². The molecule has 0 atom stereocenters. The van der Waals surface area contributed by atoms with E-state index in [1.165, 1.54) is 18.2 Å². The van der Waals surface area contributed by atoms with Crippen LogP contribution in [0.2, 0.25) is 5.02 Å². The fourth-order valence-electron chi connectivity index (χ4n) is 1.31. The Balaban J connectivity index is 1.87. The van der Waals surface area contributed by atoms with E-state index in [4.69, 9.17) is 11.6 Å². The molecule has 0 aromatic heterocycles. The molecular weight excluding hydrogens is 231 g/mol. The highest BCUT2D eigenvalue weighted by atomic mass is 35.5. The van der Waals surface area contributed by atoms with Gasteiger partial charge in [0.25, 0.3) is 0 Å². The van der Waals surface area contributed by atoms with Crippen LogP contribution in [0.1, 0.15) is 12.8 Å². The van der Waals surface area contributed by atoms with E-state index in [9.17, 15) is 9.18 Å². The van der Waals surface area contributed by atoms with Crippen molar-refractivity contribution in [2.45, 2.75) is 18.9 Å². The lowest BCUT2D eigenvalue weighted by molar-refractivity contribution is -0.119. The molecule has 0 spiro atoms. The van der Waals surface area contributed by atoms with Gasteiger partial charge in [-0.15, -0.1) is 0 Å². The molecule has 16 heavy (non-hydrogen) atoms. The Kier molecular flexibility index (Phi) is 3.29. The van der Waals surface area contributed by atoms with Gasteiger partial charge in [0, 0.05) is 11.1 Å². The normalized spacial score (nSPS) is 14.6. The number of hydrogen-bond acceptors (Lipinski definition) is 2. The second kappa shape index (κ2) is 4.70. The smallest absolute Gasteiger partial charge is 0.239 e. The van der Waals surface area contributed by atoms with E-state index in [2.05, 4.69) is 10.6 Å². The molecule has 1 aromatic carbocycles. The Bertz CT molecular complexity index is 407. The minimum Gasteiger partial charge on any atom is -0.374 e. The highest BCUT2D eigenvalue weighted by Gasteiger charge is 2.22. The number of nitrogens with one attached hydrogen (secondary N) is 2. The zero-order valence-corrected chi connectivity index (χ0v) is 9.35. The molecular formula is C11H12ClFN2O. The maximum Gasteiger partial charge on any atom is 0.239 e. The third-order valence-corrected chi connectivity index (χ3v) is 2.55. The molecule has 1 aromatic rings. The molecule has 2 N–H and O–H groups in total. The van der Waals surface area contributed by atoms with Gasteiger partial charge in [0.2, 0.25) is 5.91 Å². The summed E-state index contributed by atoms with van der Waals surface area (Å²) in [5.41, 5.74) is 0.249.